The molecule has 218 valence electrons. The lowest BCUT2D eigenvalue weighted by Crippen LogP contribution is -2.45. The van der Waals surface area contributed by atoms with E-state index < -0.39 is 42.2 Å². The molecule has 1 aliphatic heterocycles. The molecule has 0 radical (unpaired) electrons. The molecule has 41 heavy (non-hydrogen) atoms. The minimum atomic E-state index is -4.65. The summed E-state index contributed by atoms with van der Waals surface area (Å²) in [6.45, 7) is 0.560. The van der Waals surface area contributed by atoms with Crippen molar-refractivity contribution < 1.29 is 42.5 Å². The van der Waals surface area contributed by atoms with Gasteiger partial charge in [0.15, 0.2) is 17.2 Å². The van der Waals surface area contributed by atoms with Gasteiger partial charge in [0.05, 0.1) is 20.6 Å². The van der Waals surface area contributed by atoms with E-state index in [1.54, 1.807) is 24.3 Å². The van der Waals surface area contributed by atoms with Gasteiger partial charge in [-0.2, -0.15) is 13.2 Å². The summed E-state index contributed by atoms with van der Waals surface area (Å²) in [5.41, 5.74) is -0.254. The van der Waals surface area contributed by atoms with E-state index in [1.807, 2.05) is 0 Å². The average molecular weight is 656 g/mol. The van der Waals surface area contributed by atoms with Crippen LogP contribution >= 0.6 is 27.3 Å². The Labute approximate surface area is 244 Å². The quantitative estimate of drug-likeness (QED) is 0.185. The van der Waals surface area contributed by atoms with Crippen LogP contribution in [-0.4, -0.2) is 53.8 Å². The standard InChI is InChI=1S/C27H25BrF3N3O6S/c28-20-22(40-13-19(35)36)24(26(38)39)41-23(20)15-4-3-5-16(12-15)33-21(14-8-10-32-11-9-14)25(37)34-18-7-2-1-6-17(18)27(29,30)31/h1-7,12,14,21,32-33H,8-11,13H2,(H,34,37)(H,35,36)(H,38,39). The first-order valence-corrected chi connectivity index (χ1v) is 14.0. The zero-order valence-corrected chi connectivity index (χ0v) is 23.7. The summed E-state index contributed by atoms with van der Waals surface area (Å²) in [4.78, 5) is 36.5. The predicted octanol–water partition coefficient (Wildman–Crippen LogP) is 5.78. The topological polar surface area (TPSA) is 137 Å². The lowest BCUT2D eigenvalue weighted by Gasteiger charge is -2.31. The van der Waals surface area contributed by atoms with Gasteiger partial charge in [0.1, 0.15) is 6.04 Å². The van der Waals surface area contributed by atoms with Crippen molar-refractivity contribution in [2.45, 2.75) is 25.1 Å². The Kier molecular flexibility index (Phi) is 9.56. The number of hydrogen-bond acceptors (Lipinski definition) is 7. The number of amides is 1. The molecule has 3 aromatic rings. The second-order valence-electron chi connectivity index (χ2n) is 9.21. The first-order chi connectivity index (χ1) is 19.5. The number of nitrogens with one attached hydrogen (secondary N) is 3. The first-order valence-electron chi connectivity index (χ1n) is 12.4. The Morgan fingerprint density at radius 2 is 1.80 bits per heavy atom. The highest BCUT2D eigenvalue weighted by molar-refractivity contribution is 9.10. The van der Waals surface area contributed by atoms with Gasteiger partial charge >= 0.3 is 18.1 Å². The van der Waals surface area contributed by atoms with E-state index in [2.05, 4.69) is 31.9 Å². The molecule has 1 atom stereocenters. The molecule has 4 rings (SSSR count). The molecule has 1 aliphatic rings. The van der Waals surface area contributed by atoms with E-state index in [4.69, 9.17) is 9.84 Å². The fourth-order valence-corrected chi connectivity index (χ4v) is 6.43. The van der Waals surface area contributed by atoms with Crippen molar-refractivity contribution in [2.24, 2.45) is 5.92 Å². The molecule has 2 aromatic carbocycles. The van der Waals surface area contributed by atoms with E-state index in [0.29, 0.717) is 42.1 Å². The fourth-order valence-electron chi connectivity index (χ4n) is 4.54. The third-order valence-electron chi connectivity index (χ3n) is 6.42. The molecule has 14 heteroatoms. The van der Waals surface area contributed by atoms with Crippen molar-refractivity contribution in [3.8, 4) is 16.2 Å². The smallest absolute Gasteiger partial charge is 0.418 e. The molecule has 5 N–H and O–H groups in total. The maximum absolute atomic E-state index is 13.6. The number of aromatic carboxylic acids is 1. The average Bonchev–Trinajstić information content (AvgIpc) is 3.27. The van der Waals surface area contributed by atoms with Crippen LogP contribution < -0.4 is 20.7 Å². The number of ether oxygens (including phenoxy) is 1. The summed E-state index contributed by atoms with van der Waals surface area (Å²) in [6.07, 6.45) is -3.41. The molecule has 1 saturated heterocycles. The third-order valence-corrected chi connectivity index (χ3v) is 8.65. The maximum Gasteiger partial charge on any atom is 0.418 e. The summed E-state index contributed by atoms with van der Waals surface area (Å²) >= 11 is 4.20. The van der Waals surface area contributed by atoms with Crippen LogP contribution in [0.25, 0.3) is 10.4 Å². The summed E-state index contributed by atoms with van der Waals surface area (Å²) in [6, 6.07) is 10.7. The summed E-state index contributed by atoms with van der Waals surface area (Å²) in [5.74, 6) is -3.48. The SMILES string of the molecule is O=C(O)COc1c(C(=O)O)sc(-c2cccc(NC(C(=O)Nc3ccccc3C(F)(F)F)C3CCNCC3)c2)c1Br. The van der Waals surface area contributed by atoms with Gasteiger partial charge in [0.25, 0.3) is 0 Å². The molecule has 0 bridgehead atoms. The molecule has 1 amide bonds. The minimum Gasteiger partial charge on any atom is -0.479 e. The van der Waals surface area contributed by atoms with E-state index >= 15 is 0 Å². The van der Waals surface area contributed by atoms with E-state index in [1.165, 1.54) is 18.2 Å². The summed E-state index contributed by atoms with van der Waals surface area (Å²) < 4.78 is 46.1. The van der Waals surface area contributed by atoms with E-state index in [9.17, 15) is 32.7 Å². The monoisotopic (exact) mass is 655 g/mol. The van der Waals surface area contributed by atoms with Crippen LogP contribution in [0.4, 0.5) is 24.5 Å². The molecule has 2 heterocycles. The van der Waals surface area contributed by atoms with Crippen molar-refractivity contribution >= 4 is 56.5 Å². The van der Waals surface area contributed by atoms with Crippen LogP contribution in [0.5, 0.6) is 5.75 Å². The predicted molar refractivity (Wildman–Crippen MR) is 151 cm³/mol. The van der Waals surface area contributed by atoms with E-state index in [0.717, 1.165) is 17.4 Å². The summed E-state index contributed by atoms with van der Waals surface area (Å²) in [7, 11) is 0. The Bertz CT molecular complexity index is 1440. The number of para-hydroxylation sites is 1. The van der Waals surface area contributed by atoms with Crippen molar-refractivity contribution in [1.82, 2.24) is 5.32 Å². The molecular weight excluding hydrogens is 631 g/mol. The van der Waals surface area contributed by atoms with Crippen LogP contribution in [-0.2, 0) is 15.8 Å². The number of carbonyl (C=O) groups excluding carboxylic acids is 1. The lowest BCUT2D eigenvalue weighted by atomic mass is 9.89. The van der Waals surface area contributed by atoms with Gasteiger partial charge in [0, 0.05) is 5.69 Å². The number of benzene rings is 2. The molecule has 1 unspecified atom stereocenters. The first kappa shape index (κ1) is 30.3. The van der Waals surface area contributed by atoms with Crippen LogP contribution in [0.15, 0.2) is 53.0 Å². The lowest BCUT2D eigenvalue weighted by molar-refractivity contribution is -0.139. The highest BCUT2D eigenvalue weighted by Gasteiger charge is 2.35. The van der Waals surface area contributed by atoms with Gasteiger partial charge in [-0.05, 0) is 77.6 Å². The van der Waals surface area contributed by atoms with Crippen LogP contribution in [0, 0.1) is 5.92 Å². The van der Waals surface area contributed by atoms with E-state index in [-0.39, 0.29) is 26.7 Å². The Hall–Kier alpha value is -3.62. The number of alkyl halides is 3. The maximum atomic E-state index is 13.6. The number of anilines is 2. The number of rotatable bonds is 10. The van der Waals surface area contributed by atoms with Crippen molar-refractivity contribution in [3.05, 3.63) is 63.4 Å². The van der Waals surface area contributed by atoms with Crippen molar-refractivity contribution in [2.75, 3.05) is 30.3 Å². The molecular formula is C27H25BrF3N3O6S. The van der Waals surface area contributed by atoms with Gasteiger partial charge in [-0.25, -0.2) is 9.59 Å². The zero-order valence-electron chi connectivity index (χ0n) is 21.3. The van der Waals surface area contributed by atoms with Crippen molar-refractivity contribution in [3.63, 3.8) is 0 Å². The van der Waals surface area contributed by atoms with Crippen LogP contribution in [0.3, 0.4) is 0 Å². The number of hydrogen-bond donors (Lipinski definition) is 5. The number of piperidine rings is 1. The van der Waals surface area contributed by atoms with Crippen LogP contribution in [0.1, 0.15) is 28.1 Å². The molecule has 0 aliphatic carbocycles. The zero-order chi connectivity index (χ0) is 29.7. The van der Waals surface area contributed by atoms with Gasteiger partial charge in [-0.15, -0.1) is 11.3 Å². The molecule has 0 saturated carbocycles. The number of carboxylic acids is 2. The second-order valence-corrected chi connectivity index (χ2v) is 11.0. The van der Waals surface area contributed by atoms with Gasteiger partial charge in [0.2, 0.25) is 5.91 Å². The molecule has 9 nitrogen and oxygen atoms in total. The fraction of sp³-hybridized carbons (Fsp3) is 0.296. The molecule has 1 aromatic heterocycles. The highest BCUT2D eigenvalue weighted by Crippen LogP contribution is 2.46. The summed E-state index contributed by atoms with van der Waals surface area (Å²) in [5, 5.41) is 27.4. The Morgan fingerprint density at radius 3 is 2.46 bits per heavy atom. The van der Waals surface area contributed by atoms with Gasteiger partial charge < -0.3 is 30.9 Å². The number of carboxylic acid groups (broad SMARTS) is 2. The number of halogens is 4. The van der Waals surface area contributed by atoms with Crippen molar-refractivity contribution in [1.29, 1.82) is 0 Å². The van der Waals surface area contributed by atoms with Gasteiger partial charge in [-0.1, -0.05) is 24.3 Å². The number of aliphatic carboxylic acids is 1. The minimum absolute atomic E-state index is 0.117. The normalized spacial score (nSPS) is 14.7. The second kappa shape index (κ2) is 12.9. The largest absolute Gasteiger partial charge is 0.479 e. The Morgan fingerprint density at radius 1 is 1.10 bits per heavy atom. The van der Waals surface area contributed by atoms with Gasteiger partial charge in [-0.3, -0.25) is 4.79 Å². The Balaban J connectivity index is 1.64. The molecule has 1 fully saturated rings. The number of thiophene rings is 1. The number of carbonyl (C=O) groups is 3. The van der Waals surface area contributed by atoms with Crippen LogP contribution in [0.2, 0.25) is 0 Å². The third kappa shape index (κ3) is 7.37. The highest BCUT2D eigenvalue weighted by atomic mass is 79.9. The molecule has 0 spiro atoms.